The van der Waals surface area contributed by atoms with Crippen molar-refractivity contribution in [2.45, 2.75) is 18.4 Å². The standard InChI is InChI=1S/C21H19N3O4S/c22-20-23-10-12(29-20)9-18(19(25)26)24-21(27)28-11-17-15-7-3-1-5-13(15)14-6-2-4-8-16(14)17/h1-8,10,17-18H,9,11H2,(H2,22,23)(H,24,27)(H,25,26)/t18-/m0/s1. The zero-order chi connectivity index (χ0) is 20.4. The molecule has 3 aromatic rings. The number of aromatic nitrogens is 1. The summed E-state index contributed by atoms with van der Waals surface area (Å²) in [6, 6.07) is 14.9. The van der Waals surface area contributed by atoms with E-state index in [1.807, 2.05) is 36.4 Å². The van der Waals surface area contributed by atoms with Crippen molar-refractivity contribution in [1.82, 2.24) is 10.3 Å². The van der Waals surface area contributed by atoms with Gasteiger partial charge in [-0.1, -0.05) is 48.5 Å². The van der Waals surface area contributed by atoms with Crippen LogP contribution in [0.5, 0.6) is 0 Å². The second kappa shape index (κ2) is 7.92. The molecular formula is C21H19N3O4S. The Morgan fingerprint density at radius 1 is 1.14 bits per heavy atom. The maximum Gasteiger partial charge on any atom is 0.407 e. The zero-order valence-electron chi connectivity index (χ0n) is 15.4. The topological polar surface area (TPSA) is 115 Å². The molecule has 0 fully saturated rings. The van der Waals surface area contributed by atoms with Crippen LogP contribution < -0.4 is 11.1 Å². The van der Waals surface area contributed by atoms with E-state index in [1.54, 1.807) is 0 Å². The lowest BCUT2D eigenvalue weighted by atomic mass is 9.98. The van der Waals surface area contributed by atoms with Crippen LogP contribution in [0, 0.1) is 0 Å². The molecule has 0 spiro atoms. The van der Waals surface area contributed by atoms with Crippen molar-refractivity contribution in [2.75, 3.05) is 12.3 Å². The molecule has 0 saturated carbocycles. The van der Waals surface area contributed by atoms with E-state index < -0.39 is 18.1 Å². The Labute approximate surface area is 171 Å². The van der Waals surface area contributed by atoms with Gasteiger partial charge in [-0.25, -0.2) is 14.6 Å². The third-order valence-corrected chi connectivity index (χ3v) is 5.76. The van der Waals surface area contributed by atoms with E-state index >= 15 is 0 Å². The van der Waals surface area contributed by atoms with Crippen molar-refractivity contribution in [3.8, 4) is 11.1 Å². The largest absolute Gasteiger partial charge is 0.480 e. The van der Waals surface area contributed by atoms with Crippen LogP contribution in [0.4, 0.5) is 9.93 Å². The average molecular weight is 409 g/mol. The fourth-order valence-corrected chi connectivity index (χ4v) is 4.33. The number of thiazole rings is 1. The minimum Gasteiger partial charge on any atom is -0.480 e. The Bertz CT molecular complexity index is 1020. The van der Waals surface area contributed by atoms with Crippen LogP contribution in [0.25, 0.3) is 11.1 Å². The minimum atomic E-state index is -1.15. The number of nitrogens with two attached hydrogens (primary N) is 1. The van der Waals surface area contributed by atoms with E-state index in [-0.39, 0.29) is 18.9 Å². The van der Waals surface area contributed by atoms with Gasteiger partial charge in [-0.2, -0.15) is 0 Å². The summed E-state index contributed by atoms with van der Waals surface area (Å²) in [5.41, 5.74) is 10.0. The van der Waals surface area contributed by atoms with E-state index in [2.05, 4.69) is 22.4 Å². The predicted octanol–water partition coefficient (Wildman–Crippen LogP) is 3.26. The lowest BCUT2D eigenvalue weighted by Crippen LogP contribution is -2.42. The smallest absolute Gasteiger partial charge is 0.407 e. The molecule has 0 radical (unpaired) electrons. The number of benzene rings is 2. The highest BCUT2D eigenvalue weighted by molar-refractivity contribution is 7.15. The first-order chi connectivity index (χ1) is 14.0. The third kappa shape index (κ3) is 3.93. The molecule has 0 saturated heterocycles. The van der Waals surface area contributed by atoms with Gasteiger partial charge in [-0.3, -0.25) is 0 Å². The van der Waals surface area contributed by atoms with Crippen LogP contribution in [0.3, 0.4) is 0 Å². The second-order valence-corrected chi connectivity index (χ2v) is 7.88. The van der Waals surface area contributed by atoms with Crippen molar-refractivity contribution in [2.24, 2.45) is 0 Å². The number of rotatable bonds is 6. The average Bonchev–Trinajstić information content (AvgIpc) is 3.27. The first kappa shape index (κ1) is 18.9. The molecule has 148 valence electrons. The van der Waals surface area contributed by atoms with Gasteiger partial charge in [0.05, 0.1) is 0 Å². The van der Waals surface area contributed by atoms with Crippen LogP contribution in [0.1, 0.15) is 21.9 Å². The number of carboxylic acids is 1. The minimum absolute atomic E-state index is 0.0854. The number of carboxylic acid groups (broad SMARTS) is 1. The van der Waals surface area contributed by atoms with Gasteiger partial charge in [0.15, 0.2) is 5.13 Å². The van der Waals surface area contributed by atoms with Crippen molar-refractivity contribution < 1.29 is 19.4 Å². The zero-order valence-corrected chi connectivity index (χ0v) is 16.2. The highest BCUT2D eigenvalue weighted by Crippen LogP contribution is 2.44. The van der Waals surface area contributed by atoms with E-state index in [4.69, 9.17) is 10.5 Å². The lowest BCUT2D eigenvalue weighted by Gasteiger charge is -2.17. The van der Waals surface area contributed by atoms with Gasteiger partial charge in [0.25, 0.3) is 0 Å². The number of hydrogen-bond donors (Lipinski definition) is 3. The number of carbonyl (C=O) groups is 2. The molecule has 0 unspecified atom stereocenters. The highest BCUT2D eigenvalue weighted by atomic mass is 32.1. The number of amides is 1. The summed E-state index contributed by atoms with van der Waals surface area (Å²) in [6.45, 7) is 0.125. The molecule has 1 aliphatic rings. The van der Waals surface area contributed by atoms with Crippen LogP contribution in [0.2, 0.25) is 0 Å². The lowest BCUT2D eigenvalue weighted by molar-refractivity contribution is -0.139. The number of fused-ring (bicyclic) bond motifs is 3. The molecule has 29 heavy (non-hydrogen) atoms. The SMILES string of the molecule is Nc1ncc(C[C@H](NC(=O)OCC2c3ccccc3-c3ccccc32)C(=O)O)s1. The van der Waals surface area contributed by atoms with Crippen LogP contribution in [0.15, 0.2) is 54.7 Å². The predicted molar refractivity (Wildman–Crippen MR) is 110 cm³/mol. The molecule has 4 rings (SSSR count). The van der Waals surface area contributed by atoms with Crippen molar-refractivity contribution in [3.63, 3.8) is 0 Å². The maximum atomic E-state index is 12.3. The first-order valence-corrected chi connectivity index (χ1v) is 9.89. The molecule has 0 aliphatic heterocycles. The summed E-state index contributed by atoms with van der Waals surface area (Å²) in [5.74, 6) is -1.23. The van der Waals surface area contributed by atoms with E-state index in [9.17, 15) is 14.7 Å². The number of anilines is 1. The second-order valence-electron chi connectivity index (χ2n) is 6.73. The monoisotopic (exact) mass is 409 g/mol. The molecule has 1 heterocycles. The van der Waals surface area contributed by atoms with Crippen LogP contribution in [-0.2, 0) is 16.0 Å². The molecule has 7 nitrogen and oxygen atoms in total. The maximum absolute atomic E-state index is 12.3. The number of alkyl carbamates (subject to hydrolysis) is 1. The van der Waals surface area contributed by atoms with Crippen molar-refractivity contribution in [1.29, 1.82) is 0 Å². The molecule has 1 amide bonds. The van der Waals surface area contributed by atoms with Crippen LogP contribution in [-0.4, -0.2) is 34.8 Å². The Kier molecular flexibility index (Phi) is 5.18. The van der Waals surface area contributed by atoms with Crippen molar-refractivity contribution in [3.05, 3.63) is 70.7 Å². The molecule has 0 bridgehead atoms. The summed E-state index contributed by atoms with van der Waals surface area (Å²) in [7, 11) is 0. The summed E-state index contributed by atoms with van der Waals surface area (Å²) in [5, 5.41) is 12.2. The third-order valence-electron chi connectivity index (χ3n) is 4.91. The van der Waals surface area contributed by atoms with E-state index in [1.165, 1.54) is 17.5 Å². The van der Waals surface area contributed by atoms with Gasteiger partial charge in [-0.05, 0) is 22.3 Å². The Morgan fingerprint density at radius 2 is 1.76 bits per heavy atom. The van der Waals surface area contributed by atoms with Crippen molar-refractivity contribution >= 4 is 28.5 Å². The summed E-state index contributed by atoms with van der Waals surface area (Å²) >= 11 is 1.19. The van der Waals surface area contributed by atoms with Crippen LogP contribution >= 0.6 is 11.3 Å². The fraction of sp³-hybridized carbons (Fsp3) is 0.190. The number of nitrogens with one attached hydrogen (secondary N) is 1. The fourth-order valence-electron chi connectivity index (χ4n) is 3.60. The molecular weight excluding hydrogens is 390 g/mol. The Morgan fingerprint density at radius 3 is 2.31 bits per heavy atom. The Hall–Kier alpha value is -3.39. The molecule has 4 N–H and O–H groups in total. The first-order valence-electron chi connectivity index (χ1n) is 9.07. The van der Waals surface area contributed by atoms with Gasteiger partial charge in [0.2, 0.25) is 0 Å². The number of nitrogens with zero attached hydrogens (tertiary/aromatic N) is 1. The van der Waals surface area contributed by atoms with Gasteiger partial charge >= 0.3 is 12.1 Å². The Balaban J connectivity index is 1.43. The molecule has 2 aromatic carbocycles. The highest BCUT2D eigenvalue weighted by Gasteiger charge is 2.29. The van der Waals surface area contributed by atoms with Gasteiger partial charge in [0.1, 0.15) is 12.6 Å². The molecule has 1 atom stereocenters. The normalized spacial score (nSPS) is 13.4. The van der Waals surface area contributed by atoms with Gasteiger partial charge < -0.3 is 20.9 Å². The number of nitrogen functional groups attached to an aromatic ring is 1. The van der Waals surface area contributed by atoms with E-state index in [0.29, 0.717) is 10.0 Å². The van der Waals surface area contributed by atoms with Gasteiger partial charge in [-0.15, -0.1) is 11.3 Å². The molecule has 1 aliphatic carbocycles. The van der Waals surface area contributed by atoms with E-state index in [0.717, 1.165) is 22.3 Å². The number of carbonyl (C=O) groups excluding carboxylic acids is 1. The summed E-state index contributed by atoms with van der Waals surface area (Å²) < 4.78 is 5.41. The number of aliphatic carboxylic acids is 1. The number of hydrogen-bond acceptors (Lipinski definition) is 6. The molecule has 8 heteroatoms. The molecule has 1 aromatic heterocycles. The number of ether oxygens (including phenoxy) is 1. The quantitative estimate of drug-likeness (QED) is 0.576. The van der Waals surface area contributed by atoms with Gasteiger partial charge in [0, 0.05) is 23.4 Å². The summed E-state index contributed by atoms with van der Waals surface area (Å²) in [4.78, 5) is 28.4. The summed E-state index contributed by atoms with van der Waals surface area (Å²) in [6.07, 6.45) is 0.834.